The monoisotopic (exact) mass is 1530 g/mol. The Labute approximate surface area is 694 Å². The molecule has 0 unspecified atom stereocenters. The summed E-state index contributed by atoms with van der Waals surface area (Å²) in [6.07, 6.45) is 0.571. The van der Waals surface area contributed by atoms with E-state index in [2.05, 4.69) is 322 Å². The molecule has 0 atom stereocenters. The zero-order valence-electron chi connectivity index (χ0n) is 67.0. The first-order valence-corrected chi connectivity index (χ1v) is 40.1. The third-order valence-electron chi connectivity index (χ3n) is 23.8. The Morgan fingerprint density at radius 3 is 0.842 bits per heavy atom. The summed E-state index contributed by atoms with van der Waals surface area (Å²) in [5.74, 6) is 0. The molecule has 120 heavy (non-hydrogen) atoms. The average molecular weight is 1530 g/mol. The fraction of sp³-hybridized carbons (Fsp3) is 0.0727. The van der Waals surface area contributed by atoms with Gasteiger partial charge in [-0.25, -0.2) is 0 Å². The minimum Gasteiger partial charge on any atom is -0.308 e. The standard InChI is InChI=1S/C110H72N10/c1-64-30-65(2)35-83(34-64)79-23-28-101-95(54-79)91-16-10-13-19-99(91)117(101)105-50-77(62-115)51-106(109(105)87-45-73(58-111)42-74(46-87)59-112)118-100-27-20-71(49-94(100)96-55-80(24-29-102(96)118)84-36-66(3)31-67(4)37-84)41-72-33-70(7)40-86(44-72)82-22-26-93-90-15-9-12-18-98(90)120(104(93)57-82)108-53-78(63-116)52-107(110(108)88-47-75(60-113)43-76(48-88)61-114)119-97-17-11-8-14-89(97)92-25-21-81(56-103(92)119)85-38-68(5)32-69(6)39-85/h8-40,42-57H,41H2,1-7H3. The van der Waals surface area contributed by atoms with Crippen molar-refractivity contribution in [3.8, 4) is 126 Å². The molecule has 0 amide bonds. The van der Waals surface area contributed by atoms with Gasteiger partial charge in [0.15, 0.2) is 0 Å². The average Bonchev–Trinajstić information content (AvgIpc) is 1.55. The molecule has 16 aromatic carbocycles. The summed E-state index contributed by atoms with van der Waals surface area (Å²) in [7, 11) is 0. The molecular formula is C110H72N10. The summed E-state index contributed by atoms with van der Waals surface area (Å²) in [5.41, 5.74) is 33.9. The number of hydrogen-bond acceptors (Lipinski definition) is 6. The van der Waals surface area contributed by atoms with Crippen LogP contribution in [0.3, 0.4) is 0 Å². The molecule has 20 rings (SSSR count). The molecule has 20 aromatic rings. The number of aryl methyl sites for hydroxylation is 7. The summed E-state index contributed by atoms with van der Waals surface area (Å²) >= 11 is 0. The Kier molecular flexibility index (Phi) is 17.3. The van der Waals surface area contributed by atoms with Crippen LogP contribution in [0.4, 0.5) is 0 Å². The molecular weight excluding hydrogens is 1460 g/mol. The lowest BCUT2D eigenvalue weighted by Crippen LogP contribution is -2.05. The zero-order valence-corrected chi connectivity index (χ0v) is 67.0. The van der Waals surface area contributed by atoms with Crippen molar-refractivity contribution < 1.29 is 0 Å². The summed E-state index contributed by atoms with van der Waals surface area (Å²) in [6, 6.07) is 118. The van der Waals surface area contributed by atoms with Gasteiger partial charge in [0.1, 0.15) is 0 Å². The number of fused-ring (bicyclic) bond motifs is 12. The van der Waals surface area contributed by atoms with Crippen molar-refractivity contribution in [2.24, 2.45) is 0 Å². The van der Waals surface area contributed by atoms with Crippen molar-refractivity contribution in [1.29, 1.82) is 31.6 Å². The van der Waals surface area contributed by atoms with Crippen LogP contribution in [-0.2, 0) is 6.42 Å². The molecule has 0 N–H and O–H groups in total. The van der Waals surface area contributed by atoms with Gasteiger partial charge in [-0.05, 0) is 249 Å². The molecule has 0 saturated carbocycles. The van der Waals surface area contributed by atoms with Crippen molar-refractivity contribution in [3.05, 3.63) is 381 Å². The predicted molar refractivity (Wildman–Crippen MR) is 487 cm³/mol. The van der Waals surface area contributed by atoms with Crippen LogP contribution in [0.2, 0.25) is 0 Å². The highest BCUT2D eigenvalue weighted by Crippen LogP contribution is 2.49. The van der Waals surface area contributed by atoms with Gasteiger partial charge in [0.05, 0.1) is 137 Å². The summed E-state index contributed by atoms with van der Waals surface area (Å²) in [6.45, 7) is 14.9. The van der Waals surface area contributed by atoms with E-state index in [0.717, 1.165) is 182 Å². The summed E-state index contributed by atoms with van der Waals surface area (Å²) in [5, 5.41) is 74.1. The van der Waals surface area contributed by atoms with Crippen LogP contribution in [0.1, 0.15) is 83.5 Å². The van der Waals surface area contributed by atoms with Gasteiger partial charge in [-0.2, -0.15) is 31.6 Å². The highest BCUT2D eigenvalue weighted by molar-refractivity contribution is 6.16. The van der Waals surface area contributed by atoms with E-state index < -0.39 is 0 Å². The SMILES string of the molecule is Cc1cc(C)cc(-c2ccc3c(c2)c2ccccc2n3-c2cc(C#N)cc(-n3c4ccc(Cc5cc(C)cc(-c6ccc7c8ccccc8n(-c8cc(C#N)cc(-n9c%10ccccc%10c%10ccc(-c%11cc(C)cc(C)c%11)cc%109)c8-c8cc(C#N)cc(C#N)c8)c7c6)c5)cc4c4cc(-c5cc(C)cc(C)c5)ccc43)c2-c2cc(C#N)cc(C#N)c2)c1. The maximum absolute atomic E-state index is 11.4. The van der Waals surface area contributed by atoms with E-state index in [1.807, 2.05) is 66.7 Å². The topological polar surface area (TPSA) is 162 Å². The molecule has 0 bridgehead atoms. The Balaban J connectivity index is 0.772. The second-order valence-corrected chi connectivity index (χ2v) is 32.2. The van der Waals surface area contributed by atoms with E-state index in [1.54, 1.807) is 12.1 Å². The van der Waals surface area contributed by atoms with Gasteiger partial charge in [0.25, 0.3) is 0 Å². The number of rotatable bonds is 12. The number of benzene rings is 16. The van der Waals surface area contributed by atoms with E-state index in [1.165, 1.54) is 11.1 Å². The third kappa shape index (κ3) is 12.3. The van der Waals surface area contributed by atoms with Crippen molar-refractivity contribution in [2.45, 2.75) is 54.9 Å². The van der Waals surface area contributed by atoms with Gasteiger partial charge in [-0.3, -0.25) is 0 Å². The predicted octanol–water partition coefficient (Wildman–Crippen LogP) is 27.1. The van der Waals surface area contributed by atoms with Crippen LogP contribution in [0.25, 0.3) is 177 Å². The van der Waals surface area contributed by atoms with Gasteiger partial charge in [0, 0.05) is 54.2 Å². The minimum atomic E-state index is 0.334. The van der Waals surface area contributed by atoms with Gasteiger partial charge in [-0.1, -0.05) is 209 Å². The van der Waals surface area contributed by atoms with Gasteiger partial charge in [0.2, 0.25) is 0 Å². The van der Waals surface area contributed by atoms with Crippen LogP contribution in [0.15, 0.2) is 297 Å². The molecule has 10 nitrogen and oxygen atoms in total. The smallest absolute Gasteiger partial charge is 0.0993 e. The van der Waals surface area contributed by atoms with E-state index in [-0.39, 0.29) is 0 Å². The van der Waals surface area contributed by atoms with Crippen LogP contribution < -0.4 is 0 Å². The molecule has 0 radical (unpaired) electrons. The Morgan fingerprint density at radius 1 is 0.192 bits per heavy atom. The van der Waals surface area contributed by atoms with Crippen LogP contribution in [0, 0.1) is 116 Å². The van der Waals surface area contributed by atoms with Crippen LogP contribution in [0.5, 0.6) is 0 Å². The first-order chi connectivity index (χ1) is 58.5. The molecule has 4 aromatic heterocycles. The maximum Gasteiger partial charge on any atom is 0.0993 e. The minimum absolute atomic E-state index is 0.334. The van der Waals surface area contributed by atoms with Gasteiger partial charge < -0.3 is 18.3 Å². The summed E-state index contributed by atoms with van der Waals surface area (Å²) < 4.78 is 9.05. The molecule has 10 heteroatoms. The first-order valence-electron chi connectivity index (χ1n) is 40.1. The Hall–Kier alpha value is -16.3. The second kappa shape index (κ2) is 28.6. The maximum atomic E-state index is 11.4. The van der Waals surface area contributed by atoms with Crippen molar-refractivity contribution in [3.63, 3.8) is 0 Å². The molecule has 0 spiro atoms. The van der Waals surface area contributed by atoms with E-state index in [9.17, 15) is 31.6 Å². The fourth-order valence-corrected chi connectivity index (χ4v) is 19.1. The molecule has 0 aliphatic carbocycles. The lowest BCUT2D eigenvalue weighted by atomic mass is 9.94. The molecule has 0 saturated heterocycles. The van der Waals surface area contributed by atoms with E-state index in [0.29, 0.717) is 73.7 Å². The molecule has 0 aliphatic heterocycles. The van der Waals surface area contributed by atoms with Crippen molar-refractivity contribution in [2.75, 3.05) is 0 Å². The van der Waals surface area contributed by atoms with Gasteiger partial charge >= 0.3 is 0 Å². The van der Waals surface area contributed by atoms with E-state index in [4.69, 9.17) is 0 Å². The Bertz CT molecular complexity index is 8060. The molecule has 4 heterocycles. The van der Waals surface area contributed by atoms with Crippen LogP contribution in [-0.4, -0.2) is 18.3 Å². The fourth-order valence-electron chi connectivity index (χ4n) is 19.1. The molecule has 0 fully saturated rings. The highest BCUT2D eigenvalue weighted by atomic mass is 15.0. The number of hydrogen-bond donors (Lipinski definition) is 0. The number of para-hydroxylation sites is 3. The lowest BCUT2D eigenvalue weighted by molar-refractivity contribution is 1.13. The lowest BCUT2D eigenvalue weighted by Gasteiger charge is -2.21. The molecule has 562 valence electrons. The third-order valence-corrected chi connectivity index (χ3v) is 23.8. The quantitative estimate of drug-likeness (QED) is 0.118. The summed E-state index contributed by atoms with van der Waals surface area (Å²) in [4.78, 5) is 0. The Morgan fingerprint density at radius 2 is 0.467 bits per heavy atom. The number of nitriles is 6. The van der Waals surface area contributed by atoms with Crippen molar-refractivity contribution >= 4 is 87.2 Å². The molecule has 0 aliphatic rings. The normalized spacial score (nSPS) is 11.4. The second-order valence-electron chi connectivity index (χ2n) is 32.2. The zero-order chi connectivity index (χ0) is 82.0. The number of nitrogens with zero attached hydrogens (tertiary/aromatic N) is 10. The van der Waals surface area contributed by atoms with E-state index >= 15 is 0 Å². The van der Waals surface area contributed by atoms with Crippen molar-refractivity contribution in [1.82, 2.24) is 18.3 Å². The van der Waals surface area contributed by atoms with Crippen LogP contribution >= 0.6 is 0 Å². The first kappa shape index (κ1) is 72.6. The largest absolute Gasteiger partial charge is 0.308 e. The number of aromatic nitrogens is 4. The highest BCUT2D eigenvalue weighted by Gasteiger charge is 2.29. The van der Waals surface area contributed by atoms with Gasteiger partial charge in [-0.15, -0.1) is 0 Å².